The number of nitrogens with zero attached hydrogens (tertiary/aromatic N) is 4. The summed E-state index contributed by atoms with van der Waals surface area (Å²) in [6, 6.07) is 5.31. The van der Waals surface area contributed by atoms with Crippen molar-refractivity contribution in [3.63, 3.8) is 0 Å². The van der Waals surface area contributed by atoms with Gasteiger partial charge in [0, 0.05) is 23.9 Å². The molecule has 4 atom stereocenters. The lowest BCUT2D eigenvalue weighted by Crippen LogP contribution is -2.56. The number of cyclic esters (lactones) is 1. The lowest BCUT2D eigenvalue weighted by Gasteiger charge is -2.39. The average molecular weight is 535 g/mol. The summed E-state index contributed by atoms with van der Waals surface area (Å²) in [6.45, 7) is 8.43. The first-order valence-electron chi connectivity index (χ1n) is 13.2. The topological polar surface area (TPSA) is 133 Å². The van der Waals surface area contributed by atoms with Crippen LogP contribution in [0.3, 0.4) is 0 Å². The highest BCUT2D eigenvalue weighted by Crippen LogP contribution is 2.38. The number of carbonyl (C=O) groups excluding carboxylic acids is 2. The molecule has 2 aliphatic heterocycles. The Morgan fingerprint density at radius 3 is 2.62 bits per heavy atom. The van der Waals surface area contributed by atoms with Crippen molar-refractivity contribution in [2.45, 2.75) is 64.0 Å². The molecule has 5 heterocycles. The quantitative estimate of drug-likeness (QED) is 0.455. The van der Waals surface area contributed by atoms with Gasteiger partial charge in [0.1, 0.15) is 30.0 Å². The number of hydrogen-bond acceptors (Lipinski definition) is 9. The maximum atomic E-state index is 13.3. The Morgan fingerprint density at radius 2 is 1.92 bits per heavy atom. The summed E-state index contributed by atoms with van der Waals surface area (Å²) in [4.78, 5) is 39.9. The number of pyridine rings is 3. The molecule has 3 N–H and O–H groups in total. The second-order valence-electron chi connectivity index (χ2n) is 11.3. The molecule has 10 nitrogen and oxygen atoms in total. The number of rotatable bonds is 6. The van der Waals surface area contributed by atoms with Crippen LogP contribution in [0.5, 0.6) is 5.88 Å². The SMILES string of the molecule is C[C@@H]1OC(=O)c2ccc(Nc3cc4c(C(C)(C)N)cnc(OC5CN(C(=O)[C@@H]6C[C@@H]6F)C5)c4cn3)nc2[C@H]1C. The first kappa shape index (κ1) is 25.4. The molecule has 1 saturated carbocycles. The Balaban J connectivity index is 1.26. The summed E-state index contributed by atoms with van der Waals surface area (Å²) in [5, 5.41) is 4.75. The third-order valence-electron chi connectivity index (χ3n) is 7.73. The van der Waals surface area contributed by atoms with Gasteiger partial charge in [-0.05, 0) is 56.3 Å². The minimum Gasteiger partial charge on any atom is -0.470 e. The fourth-order valence-corrected chi connectivity index (χ4v) is 5.04. The zero-order valence-electron chi connectivity index (χ0n) is 22.3. The largest absolute Gasteiger partial charge is 0.470 e. The van der Waals surface area contributed by atoms with E-state index in [9.17, 15) is 14.0 Å². The summed E-state index contributed by atoms with van der Waals surface area (Å²) < 4.78 is 24.8. The molecule has 0 aromatic carbocycles. The monoisotopic (exact) mass is 534 g/mol. The number of amides is 1. The number of esters is 1. The second-order valence-corrected chi connectivity index (χ2v) is 11.3. The molecule has 204 valence electrons. The highest BCUT2D eigenvalue weighted by Gasteiger charge is 2.48. The molecule has 1 amide bonds. The lowest BCUT2D eigenvalue weighted by molar-refractivity contribution is -0.141. The molecule has 0 unspecified atom stereocenters. The van der Waals surface area contributed by atoms with Gasteiger partial charge in [0.15, 0.2) is 0 Å². The number of anilines is 2. The summed E-state index contributed by atoms with van der Waals surface area (Å²) in [5.41, 5.74) is 7.75. The molecule has 1 aliphatic carbocycles. The Labute approximate surface area is 225 Å². The third-order valence-corrected chi connectivity index (χ3v) is 7.73. The van der Waals surface area contributed by atoms with Crippen molar-refractivity contribution in [1.29, 1.82) is 0 Å². The van der Waals surface area contributed by atoms with E-state index in [-0.39, 0.29) is 30.0 Å². The van der Waals surface area contributed by atoms with E-state index >= 15 is 0 Å². The number of halogens is 1. The highest BCUT2D eigenvalue weighted by atomic mass is 19.1. The maximum absolute atomic E-state index is 13.3. The summed E-state index contributed by atoms with van der Waals surface area (Å²) in [7, 11) is 0. The number of alkyl halides is 1. The number of ether oxygens (including phenoxy) is 2. The van der Waals surface area contributed by atoms with Gasteiger partial charge in [0.2, 0.25) is 11.8 Å². The average Bonchev–Trinajstić information content (AvgIpc) is 3.59. The van der Waals surface area contributed by atoms with E-state index in [2.05, 4.69) is 15.3 Å². The zero-order valence-corrected chi connectivity index (χ0v) is 22.3. The van der Waals surface area contributed by atoms with Crippen LogP contribution in [0.25, 0.3) is 10.8 Å². The van der Waals surface area contributed by atoms with Gasteiger partial charge in [-0.1, -0.05) is 6.92 Å². The van der Waals surface area contributed by atoms with Crippen LogP contribution in [-0.2, 0) is 15.1 Å². The van der Waals surface area contributed by atoms with Crippen molar-refractivity contribution in [3.8, 4) is 5.88 Å². The highest BCUT2D eigenvalue weighted by molar-refractivity contribution is 5.93. The van der Waals surface area contributed by atoms with E-state index in [1.54, 1.807) is 29.4 Å². The van der Waals surface area contributed by atoms with Crippen molar-refractivity contribution in [3.05, 3.63) is 47.4 Å². The summed E-state index contributed by atoms with van der Waals surface area (Å²) in [6.07, 6.45) is 2.19. The molecule has 3 aromatic heterocycles. The molecule has 0 spiro atoms. The number of nitrogens with two attached hydrogens (primary N) is 1. The van der Waals surface area contributed by atoms with E-state index < -0.39 is 17.6 Å². The van der Waals surface area contributed by atoms with Crippen molar-refractivity contribution < 1.29 is 23.5 Å². The number of carbonyl (C=O) groups is 2. The van der Waals surface area contributed by atoms with E-state index in [0.717, 1.165) is 10.9 Å². The van der Waals surface area contributed by atoms with Crippen LogP contribution in [0.2, 0.25) is 0 Å². The molecular formula is C28H31FN6O4. The fourth-order valence-electron chi connectivity index (χ4n) is 5.04. The molecule has 3 aromatic rings. The Morgan fingerprint density at radius 1 is 1.18 bits per heavy atom. The van der Waals surface area contributed by atoms with Crippen LogP contribution in [0.1, 0.15) is 61.6 Å². The van der Waals surface area contributed by atoms with Gasteiger partial charge < -0.3 is 25.4 Å². The normalized spacial score (nSPS) is 24.6. The standard InChI is InChI=1S/C28H31FN6O4/c1-13-14(2)38-27(37)16-5-6-22(34-24(13)16)33-23-8-17-19(9-31-23)25(32-10-20(17)28(3,4)30)39-15-11-35(12-15)26(36)18-7-21(18)29/h5-6,8-10,13-15,18,21H,7,11-12,30H2,1-4H3,(H,31,33,34)/t13-,14-,18+,21-/m0/s1. The molecule has 1 saturated heterocycles. The van der Waals surface area contributed by atoms with Gasteiger partial charge in [-0.15, -0.1) is 0 Å². The van der Waals surface area contributed by atoms with Crippen molar-refractivity contribution in [2.75, 3.05) is 18.4 Å². The minimum absolute atomic E-state index is 0.0418. The number of aromatic nitrogens is 3. The van der Waals surface area contributed by atoms with Crippen LogP contribution < -0.4 is 15.8 Å². The summed E-state index contributed by atoms with van der Waals surface area (Å²) >= 11 is 0. The van der Waals surface area contributed by atoms with Crippen LogP contribution in [0, 0.1) is 5.92 Å². The van der Waals surface area contributed by atoms with Gasteiger partial charge >= 0.3 is 5.97 Å². The molecule has 3 aliphatic rings. The molecule has 0 radical (unpaired) electrons. The molecule has 0 bridgehead atoms. The molecule has 39 heavy (non-hydrogen) atoms. The number of fused-ring (bicyclic) bond motifs is 2. The van der Waals surface area contributed by atoms with Crippen molar-refractivity contribution in [2.24, 2.45) is 11.7 Å². The zero-order chi connectivity index (χ0) is 27.6. The number of likely N-dealkylation sites (tertiary alicyclic amines) is 1. The van der Waals surface area contributed by atoms with Crippen LogP contribution in [0.15, 0.2) is 30.6 Å². The Hall–Kier alpha value is -3.86. The first-order chi connectivity index (χ1) is 18.5. The second kappa shape index (κ2) is 9.11. The Bertz CT molecular complexity index is 1480. The van der Waals surface area contributed by atoms with Gasteiger partial charge in [0.05, 0.1) is 35.7 Å². The van der Waals surface area contributed by atoms with E-state index in [4.69, 9.17) is 20.2 Å². The van der Waals surface area contributed by atoms with Gasteiger partial charge in [-0.2, -0.15) is 0 Å². The fraction of sp³-hybridized carbons (Fsp3) is 0.464. The lowest BCUT2D eigenvalue weighted by atomic mass is 9.93. The first-order valence-corrected chi connectivity index (χ1v) is 13.2. The van der Waals surface area contributed by atoms with E-state index in [1.165, 1.54) is 0 Å². The maximum Gasteiger partial charge on any atom is 0.340 e. The van der Waals surface area contributed by atoms with Crippen LogP contribution >= 0.6 is 0 Å². The molecule has 11 heteroatoms. The van der Waals surface area contributed by atoms with Gasteiger partial charge in [-0.25, -0.2) is 24.1 Å². The number of nitrogens with one attached hydrogen (secondary N) is 1. The number of hydrogen-bond donors (Lipinski definition) is 2. The third kappa shape index (κ3) is 4.64. The van der Waals surface area contributed by atoms with Gasteiger partial charge in [0.25, 0.3) is 0 Å². The van der Waals surface area contributed by atoms with Crippen molar-refractivity contribution >= 4 is 34.3 Å². The Kier molecular flexibility index (Phi) is 5.94. The smallest absolute Gasteiger partial charge is 0.340 e. The molecule has 6 rings (SSSR count). The predicted octanol–water partition coefficient (Wildman–Crippen LogP) is 3.57. The van der Waals surface area contributed by atoms with E-state index in [0.29, 0.717) is 53.7 Å². The predicted molar refractivity (Wildman–Crippen MR) is 142 cm³/mol. The molecule has 2 fully saturated rings. The molecular weight excluding hydrogens is 503 g/mol. The van der Waals surface area contributed by atoms with Gasteiger partial charge in [-0.3, -0.25) is 4.79 Å². The van der Waals surface area contributed by atoms with Crippen LogP contribution in [0.4, 0.5) is 16.0 Å². The minimum atomic E-state index is -1.01. The van der Waals surface area contributed by atoms with Crippen molar-refractivity contribution in [1.82, 2.24) is 19.9 Å². The van der Waals surface area contributed by atoms with Crippen LogP contribution in [-0.4, -0.2) is 63.2 Å². The summed E-state index contributed by atoms with van der Waals surface area (Å²) in [5.74, 6) is 0.454. The van der Waals surface area contributed by atoms with E-state index in [1.807, 2.05) is 33.8 Å².